The standard InChI is InChI=1S/C12H13BrF3N/c1-17(9-3-4-9)7-8-2-5-11(13)10(6-8)12(14,15)16/h2,5-6,9H,3-4,7H2,1H3. The molecule has 0 atom stereocenters. The van der Waals surface area contributed by atoms with Crippen molar-refractivity contribution in [2.24, 2.45) is 0 Å². The van der Waals surface area contributed by atoms with Gasteiger partial charge in [-0.2, -0.15) is 13.2 Å². The topological polar surface area (TPSA) is 3.24 Å². The Morgan fingerprint density at radius 3 is 2.53 bits per heavy atom. The fourth-order valence-electron chi connectivity index (χ4n) is 1.82. The molecule has 0 bridgehead atoms. The van der Waals surface area contributed by atoms with Crippen molar-refractivity contribution in [1.82, 2.24) is 4.90 Å². The maximum Gasteiger partial charge on any atom is 0.417 e. The molecule has 0 N–H and O–H groups in total. The van der Waals surface area contributed by atoms with E-state index in [1.807, 2.05) is 7.05 Å². The van der Waals surface area contributed by atoms with Crippen LogP contribution in [-0.2, 0) is 12.7 Å². The van der Waals surface area contributed by atoms with Gasteiger partial charge in [0.25, 0.3) is 0 Å². The Hall–Kier alpha value is -0.550. The van der Waals surface area contributed by atoms with Gasteiger partial charge in [-0.15, -0.1) is 0 Å². The number of nitrogens with zero attached hydrogens (tertiary/aromatic N) is 1. The summed E-state index contributed by atoms with van der Waals surface area (Å²) in [5.74, 6) is 0. The van der Waals surface area contributed by atoms with Gasteiger partial charge in [0.2, 0.25) is 0 Å². The first kappa shape index (κ1) is 12.9. The first-order valence-electron chi connectivity index (χ1n) is 5.44. The maximum atomic E-state index is 12.7. The molecule has 1 aromatic carbocycles. The minimum Gasteiger partial charge on any atom is -0.299 e. The van der Waals surface area contributed by atoms with Crippen LogP contribution in [0.3, 0.4) is 0 Å². The van der Waals surface area contributed by atoms with Gasteiger partial charge in [0, 0.05) is 17.1 Å². The highest BCUT2D eigenvalue weighted by Gasteiger charge is 2.33. The molecule has 0 amide bonds. The molecule has 0 heterocycles. The molecule has 0 aliphatic heterocycles. The van der Waals surface area contributed by atoms with E-state index in [1.54, 1.807) is 6.07 Å². The SMILES string of the molecule is CN(Cc1ccc(Br)c(C(F)(F)F)c1)C1CC1. The summed E-state index contributed by atoms with van der Waals surface area (Å²) in [5, 5.41) is 0. The molecule has 0 radical (unpaired) electrons. The smallest absolute Gasteiger partial charge is 0.299 e. The van der Waals surface area contributed by atoms with Gasteiger partial charge in [-0.25, -0.2) is 0 Å². The summed E-state index contributed by atoms with van der Waals surface area (Å²) in [6, 6.07) is 4.98. The molecule has 1 aliphatic carbocycles. The number of benzene rings is 1. The Labute approximate surface area is 107 Å². The molecular formula is C12H13BrF3N. The Morgan fingerprint density at radius 1 is 1.35 bits per heavy atom. The van der Waals surface area contributed by atoms with Crippen molar-refractivity contribution in [2.75, 3.05) is 7.05 Å². The largest absolute Gasteiger partial charge is 0.417 e. The first-order chi connectivity index (χ1) is 7.88. The van der Waals surface area contributed by atoms with E-state index >= 15 is 0 Å². The summed E-state index contributed by atoms with van der Waals surface area (Å²) >= 11 is 2.94. The fraction of sp³-hybridized carbons (Fsp3) is 0.500. The minimum atomic E-state index is -4.30. The van der Waals surface area contributed by atoms with E-state index in [2.05, 4.69) is 20.8 Å². The molecule has 5 heteroatoms. The second-order valence-corrected chi connectivity index (χ2v) is 5.31. The quantitative estimate of drug-likeness (QED) is 0.814. The van der Waals surface area contributed by atoms with Crippen LogP contribution in [0.25, 0.3) is 0 Å². The third kappa shape index (κ3) is 3.22. The lowest BCUT2D eigenvalue weighted by atomic mass is 10.1. The van der Waals surface area contributed by atoms with Gasteiger partial charge in [0.15, 0.2) is 0 Å². The van der Waals surface area contributed by atoms with Gasteiger partial charge in [0.05, 0.1) is 5.56 Å². The Kier molecular flexibility index (Phi) is 3.50. The summed E-state index contributed by atoms with van der Waals surface area (Å²) < 4.78 is 38.2. The van der Waals surface area contributed by atoms with Gasteiger partial charge in [-0.05, 0) is 37.6 Å². The fourth-order valence-corrected chi connectivity index (χ4v) is 2.29. The van der Waals surface area contributed by atoms with Gasteiger partial charge < -0.3 is 0 Å². The molecule has 1 saturated carbocycles. The second kappa shape index (κ2) is 4.61. The molecule has 0 spiro atoms. The van der Waals surface area contributed by atoms with Crippen LogP contribution in [0.4, 0.5) is 13.2 Å². The van der Waals surface area contributed by atoms with E-state index in [1.165, 1.54) is 12.1 Å². The number of hydrogen-bond donors (Lipinski definition) is 0. The van der Waals surface area contributed by atoms with Crippen molar-refractivity contribution in [3.05, 3.63) is 33.8 Å². The van der Waals surface area contributed by atoms with Gasteiger partial charge in [0.1, 0.15) is 0 Å². The number of halogens is 4. The highest BCUT2D eigenvalue weighted by molar-refractivity contribution is 9.10. The third-order valence-corrected chi connectivity index (χ3v) is 3.63. The predicted octanol–water partition coefficient (Wildman–Crippen LogP) is 4.06. The number of hydrogen-bond acceptors (Lipinski definition) is 1. The Balaban J connectivity index is 2.18. The summed E-state index contributed by atoms with van der Waals surface area (Å²) in [6.45, 7) is 0.570. The van der Waals surface area contributed by atoms with E-state index in [0.717, 1.165) is 12.8 Å². The molecular weight excluding hydrogens is 295 g/mol. The molecule has 0 saturated heterocycles. The zero-order chi connectivity index (χ0) is 12.6. The highest BCUT2D eigenvalue weighted by Crippen LogP contribution is 2.36. The molecule has 1 fully saturated rings. The lowest BCUT2D eigenvalue weighted by molar-refractivity contribution is -0.138. The first-order valence-corrected chi connectivity index (χ1v) is 6.23. The molecule has 0 unspecified atom stereocenters. The minimum absolute atomic E-state index is 0.0998. The molecule has 1 aliphatic rings. The van der Waals surface area contributed by atoms with Crippen LogP contribution in [0.2, 0.25) is 0 Å². The predicted molar refractivity (Wildman–Crippen MR) is 63.6 cm³/mol. The van der Waals surface area contributed by atoms with Crippen LogP contribution in [0.15, 0.2) is 22.7 Å². The van der Waals surface area contributed by atoms with E-state index in [4.69, 9.17) is 0 Å². The molecule has 94 valence electrons. The van der Waals surface area contributed by atoms with Crippen molar-refractivity contribution in [3.63, 3.8) is 0 Å². The second-order valence-electron chi connectivity index (χ2n) is 4.46. The molecule has 1 aromatic rings. The third-order valence-electron chi connectivity index (χ3n) is 2.94. The van der Waals surface area contributed by atoms with E-state index in [9.17, 15) is 13.2 Å². The van der Waals surface area contributed by atoms with Crippen molar-refractivity contribution >= 4 is 15.9 Å². The monoisotopic (exact) mass is 307 g/mol. The van der Waals surface area contributed by atoms with Crippen LogP contribution in [-0.4, -0.2) is 18.0 Å². The van der Waals surface area contributed by atoms with Crippen molar-refractivity contribution in [1.29, 1.82) is 0 Å². The van der Waals surface area contributed by atoms with Crippen LogP contribution in [0.5, 0.6) is 0 Å². The molecule has 1 nitrogen and oxygen atoms in total. The zero-order valence-electron chi connectivity index (χ0n) is 9.39. The molecule has 2 rings (SSSR count). The number of alkyl halides is 3. The Bertz CT molecular complexity index is 413. The summed E-state index contributed by atoms with van der Waals surface area (Å²) in [5.41, 5.74) is 0.106. The van der Waals surface area contributed by atoms with E-state index in [-0.39, 0.29) is 4.47 Å². The van der Waals surface area contributed by atoms with Crippen LogP contribution >= 0.6 is 15.9 Å². The van der Waals surface area contributed by atoms with Crippen LogP contribution in [0, 0.1) is 0 Å². The van der Waals surface area contributed by atoms with Gasteiger partial charge in [-0.3, -0.25) is 4.90 Å². The molecule has 17 heavy (non-hydrogen) atoms. The van der Waals surface area contributed by atoms with Crippen molar-refractivity contribution in [2.45, 2.75) is 31.6 Å². The average Bonchev–Trinajstić information content (AvgIpc) is 3.02. The maximum absolute atomic E-state index is 12.7. The summed E-state index contributed by atoms with van der Waals surface area (Å²) in [7, 11) is 1.95. The summed E-state index contributed by atoms with van der Waals surface area (Å²) in [4.78, 5) is 2.10. The van der Waals surface area contributed by atoms with E-state index < -0.39 is 11.7 Å². The van der Waals surface area contributed by atoms with Crippen molar-refractivity contribution < 1.29 is 13.2 Å². The average molecular weight is 308 g/mol. The lowest BCUT2D eigenvalue weighted by Crippen LogP contribution is -2.20. The summed E-state index contributed by atoms with van der Waals surface area (Å²) in [6.07, 6.45) is -1.99. The highest BCUT2D eigenvalue weighted by atomic mass is 79.9. The zero-order valence-corrected chi connectivity index (χ0v) is 11.0. The van der Waals surface area contributed by atoms with Crippen LogP contribution in [0.1, 0.15) is 24.0 Å². The molecule has 0 aromatic heterocycles. The normalized spacial score (nSPS) is 16.6. The number of rotatable bonds is 3. The lowest BCUT2D eigenvalue weighted by Gasteiger charge is -2.17. The van der Waals surface area contributed by atoms with E-state index in [0.29, 0.717) is 18.2 Å². The van der Waals surface area contributed by atoms with Crippen LogP contribution < -0.4 is 0 Å². The van der Waals surface area contributed by atoms with Gasteiger partial charge >= 0.3 is 6.18 Å². The van der Waals surface area contributed by atoms with Gasteiger partial charge in [-0.1, -0.05) is 22.0 Å². The van der Waals surface area contributed by atoms with Crippen molar-refractivity contribution in [3.8, 4) is 0 Å². The Morgan fingerprint density at radius 2 is 2.00 bits per heavy atom.